The van der Waals surface area contributed by atoms with Crippen LogP contribution in [-0.4, -0.2) is 54.4 Å². The van der Waals surface area contributed by atoms with Gasteiger partial charge in [0.25, 0.3) is 0 Å². The van der Waals surface area contributed by atoms with Crippen molar-refractivity contribution in [2.45, 2.75) is 84.2 Å². The number of allylic oxidation sites excluding steroid dienone is 3. The third kappa shape index (κ3) is 12.3. The maximum atomic E-state index is 5.86. The third-order valence-electron chi connectivity index (χ3n) is 6.55. The molecule has 0 atom stereocenters. The molecule has 0 aliphatic carbocycles. The molecule has 0 unspecified atom stereocenters. The Morgan fingerprint density at radius 2 is 1.08 bits per heavy atom. The van der Waals surface area contributed by atoms with Crippen LogP contribution < -0.4 is 15.6 Å². The minimum Gasteiger partial charge on any atom is -0.377 e. The van der Waals surface area contributed by atoms with Crippen LogP contribution in [0, 0.1) is 20.8 Å². The summed E-state index contributed by atoms with van der Waals surface area (Å²) in [4.78, 5) is 0. The standard InChI is InChI=1S/C24H45O3Si4.3C2H5.Pt/c1-13-16-28(7,8)22-19-21(20-31(25-4,26-5)27-6)23(29(9,10)17-14-2)24(22)30(11,12)18-15-3;3*1-2;/h13-15,19H,1-3,16-18,20H2,4-12H3;3*1H2,2H3;/q4*-1;+4. The zero-order valence-corrected chi connectivity index (χ0v) is 33.2. The molecule has 0 radical (unpaired) electrons. The van der Waals surface area contributed by atoms with Crippen LogP contribution in [0.2, 0.25) is 57.4 Å². The van der Waals surface area contributed by atoms with E-state index < -0.39 is 33.0 Å². The Balaban J connectivity index is -0.000000767. The Morgan fingerprint density at radius 3 is 1.42 bits per heavy atom. The SMILES string of the molecule is C=CC[Si](C)(C)c1c(C[Si](OC)(OC)OC)c[c-]([Si](C)(C)CC=C)c1[Si](C)(C)CC=C.[CH2-]C.[CH2-]C.[CH2-]C.[Pt+4]. The first-order valence-electron chi connectivity index (χ1n) is 13.3. The Hall–Kier alpha value is 0.00584. The van der Waals surface area contributed by atoms with Gasteiger partial charge in [-0.25, -0.2) is 0 Å². The zero-order chi connectivity index (χ0) is 30.1. The fourth-order valence-electron chi connectivity index (χ4n) is 4.86. The third-order valence-corrected chi connectivity index (χ3v) is 19.3. The van der Waals surface area contributed by atoms with Gasteiger partial charge in [0.2, 0.25) is 0 Å². The first-order valence-corrected chi connectivity index (χ1v) is 24.8. The number of hydrogen-bond acceptors (Lipinski definition) is 3. The predicted octanol–water partition coefficient (Wildman–Crippen LogP) is 7.19. The fourth-order valence-corrected chi connectivity index (χ4v) is 18.5. The molecule has 3 nitrogen and oxygen atoms in total. The summed E-state index contributed by atoms with van der Waals surface area (Å²) in [6.45, 7) is 42.2. The van der Waals surface area contributed by atoms with E-state index in [0.717, 1.165) is 18.1 Å². The van der Waals surface area contributed by atoms with Crippen molar-refractivity contribution in [2.75, 3.05) is 21.3 Å². The fraction of sp³-hybridized carbons (Fsp3) is 0.533. The topological polar surface area (TPSA) is 27.7 Å². The van der Waals surface area contributed by atoms with E-state index in [1.54, 1.807) is 57.7 Å². The molecule has 0 aromatic heterocycles. The van der Waals surface area contributed by atoms with E-state index in [1.807, 2.05) is 0 Å². The van der Waals surface area contributed by atoms with E-state index in [0.29, 0.717) is 6.04 Å². The van der Waals surface area contributed by atoms with Crippen LogP contribution in [0.4, 0.5) is 0 Å². The molecule has 224 valence electrons. The largest absolute Gasteiger partial charge is 4.00 e. The van der Waals surface area contributed by atoms with Gasteiger partial charge in [-0.15, -0.1) is 19.7 Å². The van der Waals surface area contributed by atoms with Crippen LogP contribution in [0.25, 0.3) is 0 Å². The first-order chi connectivity index (χ1) is 17.3. The van der Waals surface area contributed by atoms with Gasteiger partial charge in [0.15, 0.2) is 0 Å². The minimum atomic E-state index is -2.77. The van der Waals surface area contributed by atoms with Crippen molar-refractivity contribution < 1.29 is 34.3 Å². The maximum absolute atomic E-state index is 5.86. The second-order valence-electron chi connectivity index (χ2n) is 10.4. The van der Waals surface area contributed by atoms with Crippen molar-refractivity contribution in [3.8, 4) is 0 Å². The van der Waals surface area contributed by atoms with E-state index in [2.05, 4.69) is 104 Å². The van der Waals surface area contributed by atoms with Gasteiger partial charge in [-0.05, 0) is 24.2 Å². The first kappa shape index (κ1) is 45.0. The van der Waals surface area contributed by atoms with E-state index >= 15 is 0 Å². The van der Waals surface area contributed by atoms with E-state index in [1.165, 1.54) is 5.56 Å². The quantitative estimate of drug-likeness (QED) is 0.114. The minimum absolute atomic E-state index is 0. The smallest absolute Gasteiger partial charge is 0.377 e. The van der Waals surface area contributed by atoms with Gasteiger partial charge in [-0.3, -0.25) is 0 Å². The summed E-state index contributed by atoms with van der Waals surface area (Å²) in [5.74, 6) is 0. The normalized spacial score (nSPS) is 11.3. The van der Waals surface area contributed by atoms with Gasteiger partial charge >= 0.3 is 29.9 Å². The van der Waals surface area contributed by atoms with Crippen molar-refractivity contribution in [1.82, 2.24) is 0 Å². The second kappa shape index (κ2) is 21.7. The Labute approximate surface area is 257 Å². The molecule has 1 rings (SSSR count). The van der Waals surface area contributed by atoms with Crippen LogP contribution in [0.3, 0.4) is 0 Å². The average molecular weight is 776 g/mol. The molecule has 38 heavy (non-hydrogen) atoms. The molecule has 8 heteroatoms. The van der Waals surface area contributed by atoms with Gasteiger partial charge in [-0.2, -0.15) is 48.0 Å². The average Bonchev–Trinajstić information content (AvgIpc) is 3.28. The zero-order valence-electron chi connectivity index (χ0n) is 26.9. The molecule has 0 heterocycles. The molecule has 0 bridgehead atoms. The van der Waals surface area contributed by atoms with Crippen molar-refractivity contribution in [3.05, 3.63) is 70.4 Å². The summed E-state index contributed by atoms with van der Waals surface area (Å²) >= 11 is 0. The van der Waals surface area contributed by atoms with E-state index in [4.69, 9.17) is 13.3 Å². The van der Waals surface area contributed by atoms with Crippen LogP contribution in [-0.2, 0) is 40.4 Å². The molecular formula is C30H60O3PtSi4. The van der Waals surface area contributed by atoms with Gasteiger partial charge in [0, 0.05) is 37.5 Å². The van der Waals surface area contributed by atoms with Crippen molar-refractivity contribution >= 4 is 48.6 Å². The predicted molar refractivity (Wildman–Crippen MR) is 182 cm³/mol. The second-order valence-corrected chi connectivity index (χ2v) is 27.4. The molecule has 0 saturated carbocycles. The van der Waals surface area contributed by atoms with Crippen molar-refractivity contribution in [1.29, 1.82) is 0 Å². The Kier molecular flexibility index (Phi) is 25.7. The molecule has 0 saturated heterocycles. The van der Waals surface area contributed by atoms with E-state index in [9.17, 15) is 0 Å². The molecule has 0 aliphatic heterocycles. The summed E-state index contributed by atoms with van der Waals surface area (Å²) in [5.41, 5.74) is 1.38. The molecule has 0 fully saturated rings. The summed E-state index contributed by atoms with van der Waals surface area (Å²) in [6.07, 6.45) is 6.33. The van der Waals surface area contributed by atoms with Crippen LogP contribution in [0.1, 0.15) is 26.3 Å². The van der Waals surface area contributed by atoms with Gasteiger partial charge < -0.3 is 34.0 Å². The monoisotopic (exact) mass is 775 g/mol. The van der Waals surface area contributed by atoms with Gasteiger partial charge in [0.05, 0.1) is 8.07 Å². The van der Waals surface area contributed by atoms with Gasteiger partial charge in [-0.1, -0.05) is 57.5 Å². The summed E-state index contributed by atoms with van der Waals surface area (Å²) in [7, 11) is -2.89. The number of rotatable bonds is 14. The summed E-state index contributed by atoms with van der Waals surface area (Å²) < 4.78 is 17.6. The Morgan fingerprint density at radius 1 is 0.711 bits per heavy atom. The van der Waals surface area contributed by atoms with E-state index in [-0.39, 0.29) is 21.1 Å². The Bertz CT molecular complexity index is 774. The molecule has 1 aromatic carbocycles. The molecule has 1 aromatic rings. The van der Waals surface area contributed by atoms with Crippen molar-refractivity contribution in [3.63, 3.8) is 0 Å². The van der Waals surface area contributed by atoms with Crippen LogP contribution in [0.15, 0.2) is 44.0 Å². The van der Waals surface area contributed by atoms with Crippen LogP contribution >= 0.6 is 0 Å². The molecular weight excluding hydrogens is 716 g/mol. The summed E-state index contributed by atoms with van der Waals surface area (Å²) in [6, 6.07) is 6.43. The molecule has 0 spiro atoms. The maximum Gasteiger partial charge on any atom is 4.00 e. The summed E-state index contributed by atoms with van der Waals surface area (Å²) in [5, 5.41) is 4.88. The molecule has 0 N–H and O–H groups in total. The van der Waals surface area contributed by atoms with Crippen molar-refractivity contribution in [2.24, 2.45) is 0 Å². The van der Waals surface area contributed by atoms with Crippen LogP contribution in [0.5, 0.6) is 0 Å². The molecule has 0 aliphatic rings. The molecule has 0 amide bonds. The van der Waals surface area contributed by atoms with Gasteiger partial charge in [0.1, 0.15) is 0 Å². The number of hydrogen-bond donors (Lipinski definition) is 0.